The van der Waals surface area contributed by atoms with Gasteiger partial charge in [0.05, 0.1) is 11.0 Å². The molecule has 11 nitrogen and oxygen atoms in total. The summed E-state index contributed by atoms with van der Waals surface area (Å²) in [7, 11) is 0. The molecule has 5 aliphatic rings. The van der Waals surface area contributed by atoms with Gasteiger partial charge in [-0.1, -0.05) is 6.07 Å². The molecule has 1 spiro atoms. The molecule has 6 rings (SSSR count). The zero-order valence-corrected chi connectivity index (χ0v) is 18.4. The van der Waals surface area contributed by atoms with Crippen molar-refractivity contribution in [3.05, 3.63) is 23.3 Å². The fraction of sp³-hybridized carbons (Fsp3) is 0.650. The number of ketones is 1. The van der Waals surface area contributed by atoms with Crippen LogP contribution in [0.1, 0.15) is 43.2 Å². The third-order valence-corrected chi connectivity index (χ3v) is 7.56. The predicted molar refractivity (Wildman–Crippen MR) is 119 cm³/mol. The highest BCUT2D eigenvalue weighted by molar-refractivity contribution is 5.90. The summed E-state index contributed by atoms with van der Waals surface area (Å²) in [5, 5.41) is 22.3. The van der Waals surface area contributed by atoms with Gasteiger partial charge in [0.25, 0.3) is 0 Å². The Bertz CT molecular complexity index is 822. The van der Waals surface area contributed by atoms with Crippen molar-refractivity contribution in [3.8, 4) is 11.5 Å². The van der Waals surface area contributed by atoms with Gasteiger partial charge in [0.15, 0.2) is 23.4 Å². The Hall–Kier alpha value is -1.54. The van der Waals surface area contributed by atoms with Crippen LogP contribution in [0, 0.1) is 5.92 Å². The molecule has 188 valence electrons. The lowest BCUT2D eigenvalue weighted by atomic mass is 9.49. The minimum atomic E-state index is -0.940. The standard InChI is InChI=1S/C20H23NO4.ClH.6H2O/c22-13-4-3-12-9-15-20(24)6-5-14(23)18-19(20,16(12)17(13)25-18)7-8-21(15)10-11-1-2-11;;;;;;;/h3-4,11,15,18,22,24H,1-2,5-10H2;1H;6*1H2/t15-,18+,19+,20-;;;;;;;/m1......./s1. The molecule has 0 radical (unpaired) electrons. The number of nitrogens with zero attached hydrogens (tertiary/aromatic N) is 1. The van der Waals surface area contributed by atoms with E-state index in [0.717, 1.165) is 43.0 Å². The van der Waals surface area contributed by atoms with Crippen LogP contribution >= 0.6 is 12.4 Å². The van der Waals surface area contributed by atoms with E-state index in [1.165, 1.54) is 12.8 Å². The molecule has 2 saturated carbocycles. The van der Waals surface area contributed by atoms with E-state index in [2.05, 4.69) is 4.90 Å². The number of likely N-dealkylation sites (tertiary alicyclic amines) is 1. The molecule has 2 aliphatic heterocycles. The van der Waals surface area contributed by atoms with E-state index in [0.29, 0.717) is 18.6 Å². The molecule has 3 fully saturated rings. The van der Waals surface area contributed by atoms with Crippen molar-refractivity contribution in [2.75, 3.05) is 13.1 Å². The maximum absolute atomic E-state index is 12.7. The summed E-state index contributed by atoms with van der Waals surface area (Å²) in [6.07, 6.45) is 4.33. The Balaban J connectivity index is 0. The number of phenols is 1. The number of hydrogen-bond acceptors (Lipinski definition) is 5. The van der Waals surface area contributed by atoms with E-state index in [-0.39, 0.29) is 62.8 Å². The first kappa shape index (κ1) is 32.6. The molecule has 0 amide bonds. The number of aromatic hydroxyl groups is 1. The Morgan fingerprint density at radius 1 is 1.06 bits per heavy atom. The SMILES string of the molecule is Cl.O.O.O.O.O.O.O=C1CC[C@@]2(O)[C@H]3Cc4ccc(O)c5c4[C@@]2(CCN3CC2CC2)[C@H]1O5. The van der Waals surface area contributed by atoms with Crippen molar-refractivity contribution in [1.29, 1.82) is 0 Å². The molecule has 1 aromatic carbocycles. The number of piperidine rings is 1. The van der Waals surface area contributed by atoms with Crippen LogP contribution in [0.5, 0.6) is 11.5 Å². The van der Waals surface area contributed by atoms with Gasteiger partial charge in [-0.15, -0.1) is 12.4 Å². The molecule has 1 aromatic rings. The molecule has 4 atom stereocenters. The minimum absolute atomic E-state index is 0. The molecule has 0 aromatic heterocycles. The maximum atomic E-state index is 12.7. The molecule has 12 heteroatoms. The van der Waals surface area contributed by atoms with Crippen molar-refractivity contribution in [1.82, 2.24) is 4.90 Å². The molecule has 2 heterocycles. The number of ether oxygens (including phenoxy) is 1. The first-order valence-corrected chi connectivity index (χ1v) is 9.56. The van der Waals surface area contributed by atoms with Crippen LogP contribution in [0.25, 0.3) is 0 Å². The summed E-state index contributed by atoms with van der Waals surface area (Å²) in [4.78, 5) is 15.2. The van der Waals surface area contributed by atoms with E-state index in [9.17, 15) is 15.0 Å². The lowest BCUT2D eigenvalue weighted by Gasteiger charge is -2.62. The first-order valence-electron chi connectivity index (χ1n) is 9.56. The van der Waals surface area contributed by atoms with Crippen molar-refractivity contribution < 1.29 is 52.6 Å². The number of benzene rings is 1. The molecule has 3 aliphatic carbocycles. The summed E-state index contributed by atoms with van der Waals surface area (Å²) in [5.74, 6) is 1.39. The number of halogens is 1. The van der Waals surface area contributed by atoms with Gasteiger partial charge in [-0.3, -0.25) is 9.69 Å². The van der Waals surface area contributed by atoms with Crippen molar-refractivity contribution in [3.63, 3.8) is 0 Å². The van der Waals surface area contributed by atoms with E-state index < -0.39 is 17.1 Å². The van der Waals surface area contributed by atoms with Crippen LogP contribution in [0.4, 0.5) is 0 Å². The summed E-state index contributed by atoms with van der Waals surface area (Å²) < 4.78 is 6.04. The topological polar surface area (TPSA) is 259 Å². The summed E-state index contributed by atoms with van der Waals surface area (Å²) in [6.45, 7) is 1.95. The monoisotopic (exact) mass is 485 g/mol. The zero-order valence-electron chi connectivity index (χ0n) is 17.6. The van der Waals surface area contributed by atoms with Gasteiger partial charge in [-0.2, -0.15) is 0 Å². The van der Waals surface area contributed by atoms with Gasteiger partial charge >= 0.3 is 0 Å². The number of hydrogen-bond donors (Lipinski definition) is 2. The summed E-state index contributed by atoms with van der Waals surface area (Å²) in [5.41, 5.74) is 0.454. The fourth-order valence-corrected chi connectivity index (χ4v) is 6.26. The highest BCUT2D eigenvalue weighted by atomic mass is 35.5. The van der Waals surface area contributed by atoms with Gasteiger partial charge in [0.2, 0.25) is 0 Å². The average Bonchev–Trinajstić information content (AvgIpc) is 3.32. The molecule has 14 N–H and O–H groups in total. The number of carbonyl (C=O) groups excluding carboxylic acids is 1. The third-order valence-electron chi connectivity index (χ3n) is 7.56. The number of Topliss-reactive ketones (excluding diaryl/α,β-unsaturated/α-hetero) is 1. The Morgan fingerprint density at radius 2 is 1.72 bits per heavy atom. The van der Waals surface area contributed by atoms with Gasteiger partial charge in [-0.05, 0) is 56.2 Å². The van der Waals surface area contributed by atoms with Crippen LogP contribution in [0.2, 0.25) is 0 Å². The molecule has 0 unspecified atom stereocenters. The first-order chi connectivity index (χ1) is 12.0. The maximum Gasteiger partial charge on any atom is 0.174 e. The lowest BCUT2D eigenvalue weighted by Crippen LogP contribution is -2.76. The van der Waals surface area contributed by atoms with Crippen LogP contribution in [-0.4, -0.2) is 84.6 Å². The minimum Gasteiger partial charge on any atom is -0.504 e. The predicted octanol–water partition coefficient (Wildman–Crippen LogP) is -3.00. The van der Waals surface area contributed by atoms with Gasteiger partial charge < -0.3 is 47.8 Å². The molecule has 2 bridgehead atoms. The van der Waals surface area contributed by atoms with Crippen molar-refractivity contribution in [2.24, 2.45) is 5.92 Å². The number of phenolic OH excluding ortho intramolecular Hbond substituents is 1. The highest BCUT2D eigenvalue weighted by Gasteiger charge is 2.73. The fourth-order valence-electron chi connectivity index (χ4n) is 6.26. The van der Waals surface area contributed by atoms with E-state index >= 15 is 0 Å². The van der Waals surface area contributed by atoms with Crippen LogP contribution in [0.15, 0.2) is 12.1 Å². The molecule has 1 saturated heterocycles. The second kappa shape index (κ2) is 10.2. The smallest absolute Gasteiger partial charge is 0.174 e. The van der Waals surface area contributed by atoms with Crippen molar-refractivity contribution in [2.45, 2.75) is 61.7 Å². The number of aliphatic hydroxyl groups is 1. The van der Waals surface area contributed by atoms with Crippen LogP contribution < -0.4 is 4.74 Å². The normalized spacial score (nSPS) is 32.3. The lowest BCUT2D eigenvalue weighted by molar-refractivity contribution is -0.188. The number of rotatable bonds is 2. The van der Waals surface area contributed by atoms with Crippen molar-refractivity contribution >= 4 is 18.2 Å². The molecular formula is C20H36ClNO10. The Morgan fingerprint density at radius 3 is 2.34 bits per heavy atom. The Kier molecular flexibility index (Phi) is 10.4. The molecular weight excluding hydrogens is 450 g/mol. The zero-order chi connectivity index (χ0) is 17.0. The quantitative estimate of drug-likeness (QED) is 0.442. The highest BCUT2D eigenvalue weighted by Crippen LogP contribution is 2.64. The van der Waals surface area contributed by atoms with Gasteiger partial charge in [-0.25, -0.2) is 0 Å². The van der Waals surface area contributed by atoms with Crippen LogP contribution in [-0.2, 0) is 16.6 Å². The van der Waals surface area contributed by atoms with E-state index in [4.69, 9.17) is 4.74 Å². The average molecular weight is 486 g/mol. The molecule has 32 heavy (non-hydrogen) atoms. The van der Waals surface area contributed by atoms with E-state index in [1.807, 2.05) is 6.07 Å². The largest absolute Gasteiger partial charge is 0.504 e. The van der Waals surface area contributed by atoms with Crippen LogP contribution in [0.3, 0.4) is 0 Å². The second-order valence-corrected chi connectivity index (χ2v) is 8.72. The second-order valence-electron chi connectivity index (χ2n) is 8.72. The van der Waals surface area contributed by atoms with Gasteiger partial charge in [0.1, 0.15) is 0 Å². The third kappa shape index (κ3) is 3.58. The Labute approximate surface area is 191 Å². The number of carbonyl (C=O) groups is 1. The summed E-state index contributed by atoms with van der Waals surface area (Å²) in [6, 6.07) is 3.69. The van der Waals surface area contributed by atoms with E-state index in [1.54, 1.807) is 6.07 Å². The van der Waals surface area contributed by atoms with Gasteiger partial charge in [0, 0.05) is 24.6 Å². The summed E-state index contributed by atoms with van der Waals surface area (Å²) >= 11 is 0.